The van der Waals surface area contributed by atoms with Gasteiger partial charge >= 0.3 is 0 Å². The van der Waals surface area contributed by atoms with Gasteiger partial charge in [0.25, 0.3) is 0 Å². The number of hydrogen-bond donors (Lipinski definition) is 1. The molecule has 0 aliphatic carbocycles. The van der Waals surface area contributed by atoms with Gasteiger partial charge in [-0.15, -0.1) is 11.3 Å². The standard InChI is InChI=1S/C17H23FN2O4S3/c1-12-11-17(14(3)25-12)13(2)19-26(21,22)10-9-20(4)27(23,24)16-7-5-15(18)6-8-16/h5-8,11,13,19H,9-10H2,1-4H3/t13-/m0/s1. The van der Waals surface area contributed by atoms with Crippen molar-refractivity contribution in [3.05, 3.63) is 51.5 Å². The second-order valence-electron chi connectivity index (χ2n) is 6.31. The molecular formula is C17H23FN2O4S3. The van der Waals surface area contributed by atoms with Gasteiger partial charge in [-0.05, 0) is 56.7 Å². The van der Waals surface area contributed by atoms with Crippen LogP contribution in [0.2, 0.25) is 0 Å². The summed E-state index contributed by atoms with van der Waals surface area (Å²) in [6.45, 7) is 5.42. The first-order valence-corrected chi connectivity index (χ1v) is 12.1. The summed E-state index contributed by atoms with van der Waals surface area (Å²) in [4.78, 5) is 2.05. The van der Waals surface area contributed by atoms with Crippen molar-refractivity contribution in [3.63, 3.8) is 0 Å². The summed E-state index contributed by atoms with van der Waals surface area (Å²) in [7, 11) is -6.28. The van der Waals surface area contributed by atoms with Crippen molar-refractivity contribution in [3.8, 4) is 0 Å². The predicted octanol–water partition coefficient (Wildman–Crippen LogP) is 2.81. The molecule has 0 radical (unpaired) electrons. The van der Waals surface area contributed by atoms with Crippen LogP contribution in [0, 0.1) is 19.7 Å². The van der Waals surface area contributed by atoms with Crippen molar-refractivity contribution >= 4 is 31.4 Å². The van der Waals surface area contributed by atoms with Crippen LogP contribution >= 0.6 is 11.3 Å². The Kier molecular flexibility index (Phi) is 6.80. The Bertz CT molecular complexity index is 999. The Labute approximate surface area is 164 Å². The summed E-state index contributed by atoms with van der Waals surface area (Å²) in [5.41, 5.74) is 0.911. The third-order valence-electron chi connectivity index (χ3n) is 4.10. The maximum Gasteiger partial charge on any atom is 0.242 e. The van der Waals surface area contributed by atoms with Gasteiger partial charge in [-0.3, -0.25) is 0 Å². The fourth-order valence-corrected chi connectivity index (χ4v) is 6.23. The van der Waals surface area contributed by atoms with Gasteiger partial charge in [0.1, 0.15) is 5.82 Å². The predicted molar refractivity (Wildman–Crippen MR) is 105 cm³/mol. The first kappa shape index (κ1) is 22.0. The number of hydrogen-bond acceptors (Lipinski definition) is 5. The fraction of sp³-hybridized carbons (Fsp3) is 0.412. The van der Waals surface area contributed by atoms with Gasteiger partial charge in [-0.25, -0.2) is 25.9 Å². The number of nitrogens with zero attached hydrogens (tertiary/aromatic N) is 1. The van der Waals surface area contributed by atoms with Crippen molar-refractivity contribution in [2.24, 2.45) is 0 Å². The summed E-state index contributed by atoms with van der Waals surface area (Å²) in [6, 6.07) is 5.93. The first-order chi connectivity index (χ1) is 12.4. The smallest absolute Gasteiger partial charge is 0.212 e. The zero-order chi connectivity index (χ0) is 20.4. The van der Waals surface area contributed by atoms with Gasteiger partial charge in [0.2, 0.25) is 20.0 Å². The lowest BCUT2D eigenvalue weighted by Crippen LogP contribution is -2.36. The molecule has 1 aromatic carbocycles. The number of rotatable bonds is 8. The number of nitrogens with one attached hydrogen (secondary N) is 1. The quantitative estimate of drug-likeness (QED) is 0.693. The molecule has 0 fully saturated rings. The molecule has 0 aliphatic heterocycles. The van der Waals surface area contributed by atoms with Crippen molar-refractivity contribution in [1.82, 2.24) is 9.03 Å². The zero-order valence-corrected chi connectivity index (χ0v) is 18.0. The van der Waals surface area contributed by atoms with Crippen molar-refractivity contribution in [2.75, 3.05) is 19.3 Å². The SMILES string of the molecule is Cc1cc([C@H](C)NS(=O)(=O)CCN(C)S(=O)(=O)c2ccc(F)cc2)c(C)s1. The average molecular weight is 435 g/mol. The largest absolute Gasteiger partial charge is 0.242 e. The Morgan fingerprint density at radius 1 is 1.15 bits per heavy atom. The fourth-order valence-electron chi connectivity index (χ4n) is 2.63. The summed E-state index contributed by atoms with van der Waals surface area (Å²) < 4.78 is 66.1. The number of thiophene rings is 1. The number of benzene rings is 1. The first-order valence-electron chi connectivity index (χ1n) is 8.21. The molecule has 150 valence electrons. The molecule has 2 aromatic rings. The highest BCUT2D eigenvalue weighted by molar-refractivity contribution is 7.90. The van der Waals surface area contributed by atoms with Crippen LogP contribution in [0.4, 0.5) is 4.39 Å². The highest BCUT2D eigenvalue weighted by Gasteiger charge is 2.24. The van der Waals surface area contributed by atoms with E-state index in [0.717, 1.165) is 43.9 Å². The Balaban J connectivity index is 2.03. The molecule has 27 heavy (non-hydrogen) atoms. The van der Waals surface area contributed by atoms with Gasteiger partial charge < -0.3 is 0 Å². The van der Waals surface area contributed by atoms with Crippen LogP contribution in [0.25, 0.3) is 0 Å². The summed E-state index contributed by atoms with van der Waals surface area (Å²) in [6.07, 6.45) is 0. The van der Waals surface area contributed by atoms with E-state index in [1.165, 1.54) is 7.05 Å². The molecule has 0 amide bonds. The molecule has 0 aliphatic rings. The van der Waals surface area contributed by atoms with E-state index in [1.807, 2.05) is 19.9 Å². The van der Waals surface area contributed by atoms with E-state index in [1.54, 1.807) is 18.3 Å². The third kappa shape index (κ3) is 5.58. The molecule has 1 N–H and O–H groups in total. The average Bonchev–Trinajstić information content (AvgIpc) is 2.91. The van der Waals surface area contributed by atoms with Crippen LogP contribution in [-0.2, 0) is 20.0 Å². The minimum Gasteiger partial charge on any atom is -0.212 e. The highest BCUT2D eigenvalue weighted by atomic mass is 32.2. The minimum absolute atomic E-state index is 0.0884. The molecule has 1 aromatic heterocycles. The highest BCUT2D eigenvalue weighted by Crippen LogP contribution is 2.26. The normalized spacial score (nSPS) is 13.9. The summed E-state index contributed by atoms with van der Waals surface area (Å²) in [5.74, 6) is -0.924. The Hall–Kier alpha value is -1.33. The van der Waals surface area contributed by atoms with Crippen molar-refractivity contribution < 1.29 is 21.2 Å². The zero-order valence-electron chi connectivity index (χ0n) is 15.6. The number of halogens is 1. The van der Waals surface area contributed by atoms with Crippen LogP contribution in [0.1, 0.15) is 28.3 Å². The molecule has 1 atom stereocenters. The van der Waals surface area contributed by atoms with E-state index < -0.39 is 31.9 Å². The van der Waals surface area contributed by atoms with E-state index in [2.05, 4.69) is 4.72 Å². The van der Waals surface area contributed by atoms with E-state index >= 15 is 0 Å². The Morgan fingerprint density at radius 3 is 2.26 bits per heavy atom. The van der Waals surface area contributed by atoms with Gasteiger partial charge in [-0.1, -0.05) is 0 Å². The van der Waals surface area contributed by atoms with Crippen molar-refractivity contribution in [2.45, 2.75) is 31.7 Å². The van der Waals surface area contributed by atoms with E-state index in [9.17, 15) is 21.2 Å². The van der Waals surface area contributed by atoms with Gasteiger partial charge in [0.05, 0.1) is 10.6 Å². The molecule has 0 saturated heterocycles. The minimum atomic E-state index is -3.89. The molecule has 0 saturated carbocycles. The molecule has 2 rings (SSSR count). The van der Waals surface area contributed by atoms with Crippen LogP contribution in [0.5, 0.6) is 0 Å². The van der Waals surface area contributed by atoms with Crippen LogP contribution in [0.15, 0.2) is 35.2 Å². The van der Waals surface area contributed by atoms with E-state index in [4.69, 9.17) is 0 Å². The maximum atomic E-state index is 13.0. The number of sulfonamides is 2. The second-order valence-corrected chi connectivity index (χ2v) is 11.7. The van der Waals surface area contributed by atoms with Gasteiger partial charge in [0, 0.05) is 29.4 Å². The molecule has 1 heterocycles. The molecule has 0 spiro atoms. The number of aryl methyl sites for hydroxylation is 2. The van der Waals surface area contributed by atoms with E-state index in [0.29, 0.717) is 0 Å². The van der Waals surface area contributed by atoms with Gasteiger partial charge in [-0.2, -0.15) is 4.31 Å². The second kappa shape index (κ2) is 8.36. The van der Waals surface area contributed by atoms with Crippen LogP contribution in [-0.4, -0.2) is 40.5 Å². The van der Waals surface area contributed by atoms with E-state index in [-0.39, 0.29) is 17.2 Å². The summed E-state index contributed by atoms with van der Waals surface area (Å²) in [5, 5.41) is 0. The monoisotopic (exact) mass is 434 g/mol. The van der Waals surface area contributed by atoms with Crippen LogP contribution < -0.4 is 4.72 Å². The molecule has 6 nitrogen and oxygen atoms in total. The summed E-state index contributed by atoms with van der Waals surface area (Å²) >= 11 is 1.59. The molecule has 0 unspecified atom stereocenters. The Morgan fingerprint density at radius 2 is 1.74 bits per heavy atom. The third-order valence-corrected chi connectivity index (χ3v) is 8.38. The van der Waals surface area contributed by atoms with Gasteiger partial charge in [0.15, 0.2) is 0 Å². The molecule has 10 heteroatoms. The molecule has 0 bridgehead atoms. The van der Waals surface area contributed by atoms with Crippen molar-refractivity contribution in [1.29, 1.82) is 0 Å². The lowest BCUT2D eigenvalue weighted by molar-refractivity contribution is 0.482. The topological polar surface area (TPSA) is 83.6 Å². The maximum absolute atomic E-state index is 13.0. The van der Waals surface area contributed by atoms with Crippen LogP contribution in [0.3, 0.4) is 0 Å². The molecular weight excluding hydrogens is 411 g/mol. The lowest BCUT2D eigenvalue weighted by atomic mass is 10.1. The lowest BCUT2D eigenvalue weighted by Gasteiger charge is -2.19.